The fraction of sp³-hybridized carbons (Fsp3) is 0.222. The first kappa shape index (κ1) is 20.3. The summed E-state index contributed by atoms with van der Waals surface area (Å²) in [6, 6.07) is 6.50. The van der Waals surface area contributed by atoms with Crippen molar-refractivity contribution >= 4 is 62.3 Å². The zero-order valence-electron chi connectivity index (χ0n) is 14.6. The molecular formula is C18H15Cl2N3O4S. The standard InChI is InChI=1S/C18H15Cl2N3O4S/c1-10(16(25)22-13-4-2-3-12(19)15(13)20)27-14(24)5-7-23-9-21-17-11(18(23)26)6-8-28-17/h2-4,6,8-10H,5,7H2,1H3,(H,22,25). The number of hydrogen-bond acceptors (Lipinski definition) is 6. The lowest BCUT2D eigenvalue weighted by atomic mass is 10.3. The Morgan fingerprint density at radius 1 is 1.32 bits per heavy atom. The van der Waals surface area contributed by atoms with Gasteiger partial charge in [-0.2, -0.15) is 0 Å². The Bertz CT molecular complexity index is 1100. The molecule has 1 amide bonds. The number of carbonyl (C=O) groups is 2. The zero-order valence-corrected chi connectivity index (χ0v) is 17.0. The lowest BCUT2D eigenvalue weighted by Crippen LogP contribution is -2.31. The number of fused-ring (bicyclic) bond motifs is 1. The Balaban J connectivity index is 1.56. The summed E-state index contributed by atoms with van der Waals surface area (Å²) in [6.45, 7) is 1.54. The fourth-order valence-electron chi connectivity index (χ4n) is 2.41. The number of nitrogens with zero attached hydrogens (tertiary/aromatic N) is 2. The number of aromatic nitrogens is 2. The minimum absolute atomic E-state index is 0.0766. The van der Waals surface area contributed by atoms with Crippen molar-refractivity contribution in [1.82, 2.24) is 9.55 Å². The van der Waals surface area contributed by atoms with Crippen LogP contribution in [0.15, 0.2) is 40.8 Å². The van der Waals surface area contributed by atoms with Gasteiger partial charge in [0.2, 0.25) is 0 Å². The van der Waals surface area contributed by atoms with E-state index in [9.17, 15) is 14.4 Å². The number of amides is 1. The highest BCUT2D eigenvalue weighted by Crippen LogP contribution is 2.29. The van der Waals surface area contributed by atoms with Crippen LogP contribution in [0.3, 0.4) is 0 Å². The summed E-state index contributed by atoms with van der Waals surface area (Å²) in [5.41, 5.74) is 0.101. The zero-order chi connectivity index (χ0) is 20.3. The fourth-order valence-corrected chi connectivity index (χ4v) is 3.48. The predicted molar refractivity (Wildman–Crippen MR) is 109 cm³/mol. The molecule has 0 bridgehead atoms. The van der Waals surface area contributed by atoms with Gasteiger partial charge >= 0.3 is 5.97 Å². The lowest BCUT2D eigenvalue weighted by Gasteiger charge is -2.14. The van der Waals surface area contributed by atoms with E-state index in [0.717, 1.165) is 0 Å². The van der Waals surface area contributed by atoms with Crippen LogP contribution in [0.4, 0.5) is 5.69 Å². The Hall–Kier alpha value is -2.42. The van der Waals surface area contributed by atoms with Crippen LogP contribution in [0.5, 0.6) is 0 Å². The molecule has 10 heteroatoms. The highest BCUT2D eigenvalue weighted by molar-refractivity contribution is 7.16. The van der Waals surface area contributed by atoms with Gasteiger partial charge in [-0.05, 0) is 30.5 Å². The molecule has 28 heavy (non-hydrogen) atoms. The Morgan fingerprint density at radius 3 is 2.89 bits per heavy atom. The molecule has 1 aromatic carbocycles. The summed E-state index contributed by atoms with van der Waals surface area (Å²) in [4.78, 5) is 41.4. The summed E-state index contributed by atoms with van der Waals surface area (Å²) >= 11 is 13.3. The molecule has 1 unspecified atom stereocenters. The first-order valence-electron chi connectivity index (χ1n) is 8.24. The van der Waals surface area contributed by atoms with Gasteiger partial charge in [-0.3, -0.25) is 19.0 Å². The van der Waals surface area contributed by atoms with E-state index >= 15 is 0 Å². The van der Waals surface area contributed by atoms with E-state index in [4.69, 9.17) is 27.9 Å². The number of rotatable bonds is 6. The van der Waals surface area contributed by atoms with E-state index < -0.39 is 18.0 Å². The predicted octanol–water partition coefficient (Wildman–Crippen LogP) is 3.73. The van der Waals surface area contributed by atoms with Gasteiger partial charge in [0.25, 0.3) is 11.5 Å². The van der Waals surface area contributed by atoms with Gasteiger partial charge in [-0.15, -0.1) is 11.3 Å². The molecule has 2 aromatic heterocycles. The molecular weight excluding hydrogens is 425 g/mol. The van der Waals surface area contributed by atoms with Crippen molar-refractivity contribution in [3.05, 3.63) is 56.4 Å². The van der Waals surface area contributed by atoms with Gasteiger partial charge in [-0.1, -0.05) is 29.3 Å². The van der Waals surface area contributed by atoms with E-state index in [-0.39, 0.29) is 23.5 Å². The maximum Gasteiger partial charge on any atom is 0.308 e. The Kier molecular flexibility index (Phi) is 6.33. The van der Waals surface area contributed by atoms with Crippen molar-refractivity contribution in [3.63, 3.8) is 0 Å². The summed E-state index contributed by atoms with van der Waals surface area (Å²) in [5.74, 6) is -1.16. The van der Waals surface area contributed by atoms with Crippen molar-refractivity contribution in [1.29, 1.82) is 0 Å². The second-order valence-corrected chi connectivity index (χ2v) is 7.53. The molecule has 0 fully saturated rings. The van der Waals surface area contributed by atoms with Crippen molar-refractivity contribution in [3.8, 4) is 0 Å². The van der Waals surface area contributed by atoms with Crippen molar-refractivity contribution in [2.75, 3.05) is 5.32 Å². The molecule has 3 aromatic rings. The van der Waals surface area contributed by atoms with Crippen molar-refractivity contribution in [2.24, 2.45) is 0 Å². The summed E-state index contributed by atoms with van der Waals surface area (Å²) in [7, 11) is 0. The molecule has 0 saturated carbocycles. The number of benzene rings is 1. The van der Waals surface area contributed by atoms with Crippen LogP contribution in [-0.4, -0.2) is 27.5 Å². The second kappa shape index (κ2) is 8.72. The Labute approximate surface area is 173 Å². The molecule has 1 N–H and O–H groups in total. The maximum atomic E-state index is 12.3. The number of ether oxygens (including phenoxy) is 1. The smallest absolute Gasteiger partial charge is 0.308 e. The lowest BCUT2D eigenvalue weighted by molar-refractivity contribution is -0.153. The van der Waals surface area contributed by atoms with Crippen LogP contribution < -0.4 is 10.9 Å². The first-order valence-corrected chi connectivity index (χ1v) is 9.87. The minimum atomic E-state index is -1.04. The third-order valence-corrected chi connectivity index (χ3v) is 5.53. The van der Waals surface area contributed by atoms with E-state index in [1.54, 1.807) is 29.6 Å². The number of nitrogens with one attached hydrogen (secondary N) is 1. The molecule has 146 valence electrons. The third kappa shape index (κ3) is 4.52. The molecule has 0 aliphatic heterocycles. The largest absolute Gasteiger partial charge is 0.452 e. The molecule has 3 rings (SSSR count). The first-order chi connectivity index (χ1) is 13.4. The van der Waals surface area contributed by atoms with Crippen LogP contribution in [0, 0.1) is 0 Å². The molecule has 7 nitrogen and oxygen atoms in total. The number of esters is 1. The molecule has 0 saturated heterocycles. The molecule has 0 aliphatic carbocycles. The SMILES string of the molecule is CC(OC(=O)CCn1cnc2sccc2c1=O)C(=O)Nc1cccc(Cl)c1Cl. The molecule has 1 atom stereocenters. The van der Waals surface area contributed by atoms with Gasteiger partial charge in [0.15, 0.2) is 6.10 Å². The van der Waals surface area contributed by atoms with Crippen LogP contribution in [-0.2, 0) is 20.9 Å². The van der Waals surface area contributed by atoms with Gasteiger partial charge in [0, 0.05) is 6.54 Å². The second-order valence-electron chi connectivity index (χ2n) is 5.86. The van der Waals surface area contributed by atoms with Gasteiger partial charge in [0.05, 0.1) is 33.9 Å². The van der Waals surface area contributed by atoms with Gasteiger partial charge in [0.1, 0.15) is 4.83 Å². The number of carbonyl (C=O) groups excluding carboxylic acids is 2. The summed E-state index contributed by atoms with van der Waals surface area (Å²) < 4.78 is 6.47. The highest BCUT2D eigenvalue weighted by Gasteiger charge is 2.19. The Morgan fingerprint density at radius 2 is 2.11 bits per heavy atom. The summed E-state index contributed by atoms with van der Waals surface area (Å²) in [6.07, 6.45) is 0.273. The van der Waals surface area contributed by atoms with Gasteiger partial charge < -0.3 is 10.1 Å². The van der Waals surface area contributed by atoms with Crippen LogP contribution >= 0.6 is 34.5 Å². The van der Waals surface area contributed by atoms with Crippen LogP contribution in [0.1, 0.15) is 13.3 Å². The quantitative estimate of drug-likeness (QED) is 0.590. The topological polar surface area (TPSA) is 90.3 Å². The van der Waals surface area contributed by atoms with Crippen molar-refractivity contribution in [2.45, 2.75) is 26.0 Å². The third-order valence-electron chi connectivity index (χ3n) is 3.89. The van der Waals surface area contributed by atoms with E-state index in [1.807, 2.05) is 0 Å². The van der Waals surface area contributed by atoms with Crippen LogP contribution in [0.2, 0.25) is 10.0 Å². The maximum absolute atomic E-state index is 12.3. The van der Waals surface area contributed by atoms with E-state index in [2.05, 4.69) is 10.3 Å². The number of hydrogen-bond donors (Lipinski definition) is 1. The number of halogens is 2. The number of thiophene rings is 1. The van der Waals surface area contributed by atoms with E-state index in [1.165, 1.54) is 29.2 Å². The molecule has 0 aliphatic rings. The van der Waals surface area contributed by atoms with Crippen LogP contribution in [0.25, 0.3) is 10.2 Å². The van der Waals surface area contributed by atoms with E-state index in [0.29, 0.717) is 20.9 Å². The minimum Gasteiger partial charge on any atom is -0.452 e. The molecule has 2 heterocycles. The monoisotopic (exact) mass is 439 g/mol. The molecule has 0 radical (unpaired) electrons. The average molecular weight is 440 g/mol. The summed E-state index contributed by atoms with van der Waals surface area (Å²) in [5, 5.41) is 5.35. The normalized spacial score (nSPS) is 12.0. The number of aryl methyl sites for hydroxylation is 1. The number of anilines is 1. The highest BCUT2D eigenvalue weighted by atomic mass is 35.5. The van der Waals surface area contributed by atoms with Crippen molar-refractivity contribution < 1.29 is 14.3 Å². The average Bonchev–Trinajstić information content (AvgIpc) is 3.14. The van der Waals surface area contributed by atoms with Gasteiger partial charge in [-0.25, -0.2) is 4.98 Å². The molecule has 0 spiro atoms.